The van der Waals surface area contributed by atoms with Crippen LogP contribution in [0, 0.1) is 0 Å². The molecular weight excluding hydrogens is 560 g/mol. The maximum absolute atomic E-state index is 13.2. The average molecular weight is 617 g/mol. The molecule has 0 radical (unpaired) electrons. The second-order valence-electron chi connectivity index (χ2n) is 13.2. The summed E-state index contributed by atoms with van der Waals surface area (Å²) in [5, 5.41) is 13.6. The second kappa shape index (κ2) is 19.1. The van der Waals surface area contributed by atoms with Gasteiger partial charge in [0.05, 0.1) is 0 Å². The van der Waals surface area contributed by atoms with E-state index < -0.39 is 53.1 Å². The molecule has 0 spiro atoms. The summed E-state index contributed by atoms with van der Waals surface area (Å²) in [6.45, 7) is 16.7. The third-order valence-electron chi connectivity index (χ3n) is 5.26. The molecule has 0 aliphatic heterocycles. The lowest BCUT2D eigenvalue weighted by molar-refractivity contribution is -0.123. The van der Waals surface area contributed by atoms with Crippen LogP contribution in [0.4, 0.5) is 14.4 Å². The maximum atomic E-state index is 13.2. The highest BCUT2D eigenvalue weighted by atomic mass is 16.6. The molecule has 0 aromatic carbocycles. The third-order valence-corrected chi connectivity index (χ3v) is 5.26. The van der Waals surface area contributed by atoms with Crippen molar-refractivity contribution in [2.45, 2.75) is 130 Å². The van der Waals surface area contributed by atoms with Gasteiger partial charge < -0.3 is 46.5 Å². The smallest absolute Gasteiger partial charge is 0.408 e. The minimum atomic E-state index is -0.911. The molecule has 250 valence electrons. The zero-order valence-electron chi connectivity index (χ0n) is 27.6. The number of ether oxygens (including phenoxy) is 3. The van der Waals surface area contributed by atoms with Crippen LogP contribution in [0.1, 0.15) is 101 Å². The molecule has 0 aromatic rings. The summed E-state index contributed by atoms with van der Waals surface area (Å²) in [6, 6.07) is -1.44. The van der Waals surface area contributed by atoms with Crippen LogP contribution in [-0.2, 0) is 23.8 Å². The lowest BCUT2D eigenvalue weighted by atomic mass is 10.1. The van der Waals surface area contributed by atoms with E-state index in [0.29, 0.717) is 45.2 Å². The van der Waals surface area contributed by atoms with E-state index in [1.165, 1.54) is 0 Å². The van der Waals surface area contributed by atoms with Gasteiger partial charge in [-0.15, -0.1) is 0 Å². The number of rotatable bonds is 16. The lowest BCUT2D eigenvalue weighted by Crippen LogP contribution is -2.52. The van der Waals surface area contributed by atoms with Gasteiger partial charge in [0.2, 0.25) is 11.8 Å². The summed E-state index contributed by atoms with van der Waals surface area (Å²) in [7, 11) is 0. The Morgan fingerprint density at radius 1 is 0.628 bits per heavy atom. The normalized spacial score (nSPS) is 13.2. The van der Waals surface area contributed by atoms with Crippen molar-refractivity contribution in [2.24, 2.45) is 5.73 Å². The Morgan fingerprint density at radius 3 is 1.67 bits per heavy atom. The van der Waals surface area contributed by atoms with E-state index in [-0.39, 0.29) is 25.4 Å². The molecular formula is C29H56N6O8. The van der Waals surface area contributed by atoms with E-state index in [9.17, 15) is 24.0 Å². The van der Waals surface area contributed by atoms with Gasteiger partial charge in [0.15, 0.2) is 0 Å². The Hall–Kier alpha value is -3.29. The fourth-order valence-corrected chi connectivity index (χ4v) is 3.54. The molecule has 0 rings (SSSR count). The van der Waals surface area contributed by atoms with Crippen LogP contribution in [0.25, 0.3) is 0 Å². The van der Waals surface area contributed by atoms with E-state index in [0.717, 1.165) is 0 Å². The fraction of sp³-hybridized carbons (Fsp3) is 0.828. The van der Waals surface area contributed by atoms with Gasteiger partial charge in [-0.2, -0.15) is 0 Å². The van der Waals surface area contributed by atoms with Gasteiger partial charge in [0, 0.05) is 38.6 Å². The maximum Gasteiger partial charge on any atom is 0.408 e. The van der Waals surface area contributed by atoms with Crippen LogP contribution in [0.5, 0.6) is 0 Å². The van der Waals surface area contributed by atoms with Crippen molar-refractivity contribution in [3.8, 4) is 0 Å². The summed E-state index contributed by atoms with van der Waals surface area (Å²) in [4.78, 5) is 61.7. The first-order valence-corrected chi connectivity index (χ1v) is 14.9. The molecule has 0 bridgehead atoms. The van der Waals surface area contributed by atoms with Crippen LogP contribution < -0.4 is 32.3 Å². The molecule has 0 fully saturated rings. The molecule has 0 saturated carbocycles. The molecule has 14 heteroatoms. The van der Waals surface area contributed by atoms with Crippen molar-refractivity contribution in [3.05, 3.63) is 0 Å². The summed E-state index contributed by atoms with van der Waals surface area (Å²) < 4.78 is 15.9. The van der Waals surface area contributed by atoms with Gasteiger partial charge in [-0.1, -0.05) is 0 Å². The minimum Gasteiger partial charge on any atom is -0.444 e. The Balaban J connectivity index is 5.27. The van der Waals surface area contributed by atoms with Gasteiger partial charge >= 0.3 is 18.3 Å². The van der Waals surface area contributed by atoms with Crippen molar-refractivity contribution < 1.29 is 38.2 Å². The summed E-state index contributed by atoms with van der Waals surface area (Å²) in [5.41, 5.74) is 3.28. The van der Waals surface area contributed by atoms with Crippen molar-refractivity contribution in [1.82, 2.24) is 26.6 Å². The fourth-order valence-electron chi connectivity index (χ4n) is 3.54. The molecule has 0 aromatic heterocycles. The summed E-state index contributed by atoms with van der Waals surface area (Å²) in [6.07, 6.45) is 0.603. The molecule has 7 N–H and O–H groups in total. The van der Waals surface area contributed by atoms with E-state index in [4.69, 9.17) is 19.9 Å². The highest BCUT2D eigenvalue weighted by molar-refractivity contribution is 5.85. The van der Waals surface area contributed by atoms with E-state index in [1.807, 2.05) is 0 Å². The Labute approximate surface area is 256 Å². The number of nitrogens with one attached hydrogen (secondary N) is 5. The minimum absolute atomic E-state index is 0.0478. The first-order chi connectivity index (χ1) is 19.7. The van der Waals surface area contributed by atoms with Gasteiger partial charge in [0.25, 0.3) is 0 Å². The van der Waals surface area contributed by atoms with Crippen LogP contribution >= 0.6 is 0 Å². The van der Waals surface area contributed by atoms with Crippen LogP contribution in [0.3, 0.4) is 0 Å². The molecule has 0 heterocycles. The number of unbranched alkanes of at least 4 members (excludes halogenated alkanes) is 1. The number of alkyl carbamates (subject to hydrolysis) is 3. The van der Waals surface area contributed by atoms with Crippen LogP contribution in [0.2, 0.25) is 0 Å². The predicted octanol–water partition coefficient (Wildman–Crippen LogP) is 2.83. The lowest BCUT2D eigenvalue weighted by Gasteiger charge is -2.26. The first kappa shape index (κ1) is 39.7. The van der Waals surface area contributed by atoms with Crippen molar-refractivity contribution in [3.63, 3.8) is 0 Å². The number of carbonyl (C=O) groups is 5. The van der Waals surface area contributed by atoms with Crippen LogP contribution in [0.15, 0.2) is 0 Å². The van der Waals surface area contributed by atoms with Crippen molar-refractivity contribution in [2.75, 3.05) is 26.2 Å². The van der Waals surface area contributed by atoms with E-state index in [2.05, 4.69) is 26.6 Å². The van der Waals surface area contributed by atoms with Gasteiger partial charge in [-0.25, -0.2) is 14.4 Å². The zero-order chi connectivity index (χ0) is 33.3. The average Bonchev–Trinajstić information content (AvgIpc) is 2.80. The Bertz CT molecular complexity index is 893. The Kier molecular flexibility index (Phi) is 17.6. The molecule has 0 aliphatic carbocycles. The van der Waals surface area contributed by atoms with Gasteiger partial charge in [-0.3, -0.25) is 9.59 Å². The largest absolute Gasteiger partial charge is 0.444 e. The number of hydrogen-bond acceptors (Lipinski definition) is 9. The topological polar surface area (TPSA) is 199 Å². The molecule has 2 atom stereocenters. The quantitative estimate of drug-likeness (QED) is 0.111. The third kappa shape index (κ3) is 23.9. The highest BCUT2D eigenvalue weighted by Crippen LogP contribution is 2.10. The SMILES string of the molecule is CC(C)(C)OC(=O)NCCC[C@@H](CNC(=O)[C@H](CCCCNC(=O)CCN)NC(=O)OC(C)(C)C)NC(=O)OC(C)(C)C. The molecule has 43 heavy (non-hydrogen) atoms. The Morgan fingerprint density at radius 2 is 1.14 bits per heavy atom. The van der Waals surface area contributed by atoms with E-state index >= 15 is 0 Å². The summed E-state index contributed by atoms with van der Waals surface area (Å²) in [5.74, 6) is -0.602. The van der Waals surface area contributed by atoms with Crippen LogP contribution in [-0.4, -0.2) is 85.2 Å². The standard InChI is InChI=1S/C29H56N6O8/c1-27(2,3)41-24(38)32-18-12-13-20(34-25(39)42-28(4,5)6)19-33-23(37)21(35-26(40)43-29(7,8)9)14-10-11-17-31-22(36)15-16-30/h20-21H,10-19,30H2,1-9H3,(H,31,36)(H,32,38)(H,33,37)(H,34,39)(H,35,40)/t20-,21-/m0/s1. The molecule has 0 aliphatic rings. The second-order valence-corrected chi connectivity index (χ2v) is 13.2. The first-order valence-electron chi connectivity index (χ1n) is 14.9. The number of carbonyl (C=O) groups excluding carboxylic acids is 5. The predicted molar refractivity (Wildman–Crippen MR) is 163 cm³/mol. The van der Waals surface area contributed by atoms with Gasteiger partial charge in [-0.05, 0) is 94.4 Å². The van der Waals surface area contributed by atoms with E-state index in [1.54, 1.807) is 62.3 Å². The molecule has 0 saturated heterocycles. The number of nitrogens with two attached hydrogens (primary N) is 1. The highest BCUT2D eigenvalue weighted by Gasteiger charge is 2.26. The van der Waals surface area contributed by atoms with Crippen molar-refractivity contribution in [1.29, 1.82) is 0 Å². The zero-order valence-corrected chi connectivity index (χ0v) is 27.6. The number of hydrogen-bond donors (Lipinski definition) is 6. The monoisotopic (exact) mass is 616 g/mol. The molecule has 5 amide bonds. The van der Waals surface area contributed by atoms with Crippen molar-refractivity contribution >= 4 is 30.1 Å². The van der Waals surface area contributed by atoms with Gasteiger partial charge in [0.1, 0.15) is 22.8 Å². The number of amides is 5. The molecule has 0 unspecified atom stereocenters. The molecule has 14 nitrogen and oxygen atoms in total. The summed E-state index contributed by atoms with van der Waals surface area (Å²) >= 11 is 0.